The smallest absolute Gasteiger partial charge is 0.338 e. The fourth-order valence-corrected chi connectivity index (χ4v) is 2.96. The molecule has 27 heavy (non-hydrogen) atoms. The number of benzene rings is 2. The molecule has 0 bridgehead atoms. The lowest BCUT2D eigenvalue weighted by atomic mass is 10.1. The van der Waals surface area contributed by atoms with Crippen LogP contribution in [0.2, 0.25) is 5.02 Å². The molecule has 0 fully saturated rings. The predicted octanol–water partition coefficient (Wildman–Crippen LogP) is 4.17. The SMILES string of the molecule is CN(C)C(=O)c1cnc(Nc2cccc(C(=O)O)c2F)c2cccc(Cl)c12. The van der Waals surface area contributed by atoms with Crippen molar-refractivity contribution in [3.63, 3.8) is 0 Å². The van der Waals surface area contributed by atoms with Crippen molar-refractivity contribution >= 4 is 45.8 Å². The molecule has 8 heteroatoms. The molecular weight excluding hydrogens is 373 g/mol. The molecule has 0 aliphatic heterocycles. The maximum absolute atomic E-state index is 14.4. The van der Waals surface area contributed by atoms with E-state index in [-0.39, 0.29) is 17.4 Å². The van der Waals surface area contributed by atoms with Gasteiger partial charge in [0, 0.05) is 36.1 Å². The first kappa shape index (κ1) is 18.6. The fraction of sp³-hybridized carbons (Fsp3) is 0.105. The molecule has 0 radical (unpaired) electrons. The highest BCUT2D eigenvalue weighted by Gasteiger charge is 2.19. The van der Waals surface area contributed by atoms with E-state index in [0.717, 1.165) is 0 Å². The van der Waals surface area contributed by atoms with Gasteiger partial charge in [0.1, 0.15) is 5.82 Å². The zero-order valence-electron chi connectivity index (χ0n) is 14.5. The Morgan fingerprint density at radius 1 is 1.15 bits per heavy atom. The Morgan fingerprint density at radius 2 is 1.85 bits per heavy atom. The van der Waals surface area contributed by atoms with Crippen LogP contribution in [-0.4, -0.2) is 41.0 Å². The number of fused-ring (bicyclic) bond motifs is 1. The molecule has 0 spiro atoms. The van der Waals surface area contributed by atoms with Gasteiger partial charge in [0.05, 0.1) is 16.8 Å². The van der Waals surface area contributed by atoms with Crippen LogP contribution in [0.1, 0.15) is 20.7 Å². The number of carboxylic acid groups (broad SMARTS) is 1. The van der Waals surface area contributed by atoms with Gasteiger partial charge in [-0.2, -0.15) is 0 Å². The van der Waals surface area contributed by atoms with Gasteiger partial charge < -0.3 is 15.3 Å². The minimum atomic E-state index is -1.37. The third-order valence-electron chi connectivity index (χ3n) is 3.98. The van der Waals surface area contributed by atoms with Crippen molar-refractivity contribution in [3.05, 3.63) is 64.6 Å². The molecule has 3 aromatic rings. The molecule has 2 aromatic carbocycles. The van der Waals surface area contributed by atoms with Crippen LogP contribution in [0, 0.1) is 5.82 Å². The molecular formula is C19H15ClFN3O3. The van der Waals surface area contributed by atoms with E-state index in [1.807, 2.05) is 0 Å². The minimum absolute atomic E-state index is 0.0460. The van der Waals surface area contributed by atoms with Crippen LogP contribution in [-0.2, 0) is 0 Å². The van der Waals surface area contributed by atoms with Gasteiger partial charge >= 0.3 is 5.97 Å². The number of rotatable bonds is 4. The number of amides is 1. The highest BCUT2D eigenvalue weighted by atomic mass is 35.5. The second kappa shape index (κ2) is 7.20. The number of anilines is 2. The summed E-state index contributed by atoms with van der Waals surface area (Å²) in [4.78, 5) is 29.2. The van der Waals surface area contributed by atoms with Gasteiger partial charge in [-0.3, -0.25) is 4.79 Å². The molecule has 3 rings (SSSR count). The molecule has 2 N–H and O–H groups in total. The van der Waals surface area contributed by atoms with Crippen molar-refractivity contribution in [2.24, 2.45) is 0 Å². The van der Waals surface area contributed by atoms with Crippen molar-refractivity contribution in [1.29, 1.82) is 0 Å². The number of nitrogens with one attached hydrogen (secondary N) is 1. The van der Waals surface area contributed by atoms with E-state index >= 15 is 0 Å². The molecule has 0 aliphatic carbocycles. The maximum Gasteiger partial charge on any atom is 0.338 e. The van der Waals surface area contributed by atoms with Crippen molar-refractivity contribution in [2.75, 3.05) is 19.4 Å². The first-order valence-electron chi connectivity index (χ1n) is 7.89. The molecule has 0 atom stereocenters. The molecule has 0 saturated carbocycles. The molecule has 0 saturated heterocycles. The normalized spacial score (nSPS) is 10.7. The monoisotopic (exact) mass is 387 g/mol. The first-order valence-corrected chi connectivity index (χ1v) is 8.26. The van der Waals surface area contributed by atoms with E-state index < -0.39 is 17.3 Å². The highest BCUT2D eigenvalue weighted by Crippen LogP contribution is 2.33. The molecule has 1 heterocycles. The van der Waals surface area contributed by atoms with Crippen LogP contribution in [0.3, 0.4) is 0 Å². The third-order valence-corrected chi connectivity index (χ3v) is 4.29. The Kier molecular flexibility index (Phi) is 4.96. The number of aromatic nitrogens is 1. The van der Waals surface area contributed by atoms with Gasteiger partial charge in [-0.15, -0.1) is 0 Å². The Bertz CT molecular complexity index is 1070. The van der Waals surface area contributed by atoms with Crippen LogP contribution in [0.4, 0.5) is 15.9 Å². The summed E-state index contributed by atoms with van der Waals surface area (Å²) in [6.45, 7) is 0. The average Bonchev–Trinajstić information content (AvgIpc) is 2.63. The summed E-state index contributed by atoms with van der Waals surface area (Å²) in [5.41, 5.74) is -0.192. The molecule has 1 amide bonds. The first-order chi connectivity index (χ1) is 12.8. The summed E-state index contributed by atoms with van der Waals surface area (Å²) in [7, 11) is 3.23. The van der Waals surface area contributed by atoms with Crippen molar-refractivity contribution in [2.45, 2.75) is 0 Å². The number of carbonyl (C=O) groups is 2. The van der Waals surface area contributed by atoms with Crippen LogP contribution < -0.4 is 5.32 Å². The van der Waals surface area contributed by atoms with Gasteiger partial charge in [-0.1, -0.05) is 29.8 Å². The molecule has 0 unspecified atom stereocenters. The Morgan fingerprint density at radius 3 is 2.52 bits per heavy atom. The van der Waals surface area contributed by atoms with Gasteiger partial charge in [-0.05, 0) is 18.2 Å². The molecule has 6 nitrogen and oxygen atoms in total. The van der Waals surface area contributed by atoms with Crippen LogP contribution in [0.5, 0.6) is 0 Å². The quantitative estimate of drug-likeness (QED) is 0.702. The number of hydrogen-bond donors (Lipinski definition) is 2. The van der Waals surface area contributed by atoms with E-state index in [9.17, 15) is 14.0 Å². The molecule has 138 valence electrons. The zero-order valence-corrected chi connectivity index (χ0v) is 15.2. The van der Waals surface area contributed by atoms with Crippen LogP contribution in [0.15, 0.2) is 42.6 Å². The molecule has 0 aliphatic rings. The molecule has 1 aromatic heterocycles. The third kappa shape index (κ3) is 3.41. The van der Waals surface area contributed by atoms with E-state index in [1.165, 1.54) is 29.3 Å². The minimum Gasteiger partial charge on any atom is -0.478 e. The van der Waals surface area contributed by atoms with E-state index in [0.29, 0.717) is 21.4 Å². The Balaban J connectivity index is 2.17. The van der Waals surface area contributed by atoms with E-state index in [1.54, 1.807) is 32.3 Å². The van der Waals surface area contributed by atoms with Crippen molar-refractivity contribution in [3.8, 4) is 0 Å². The lowest BCUT2D eigenvalue weighted by Gasteiger charge is -2.16. The number of pyridine rings is 1. The summed E-state index contributed by atoms with van der Waals surface area (Å²) in [5, 5.41) is 13.2. The largest absolute Gasteiger partial charge is 0.478 e. The number of aromatic carboxylic acids is 1. The standard InChI is InChI=1S/C19H15ClFN3O3/c1-24(2)18(25)12-9-22-17(10-5-3-7-13(20)15(10)12)23-14-8-4-6-11(16(14)21)19(26)27/h3-9H,1-2H3,(H,22,23)(H,26,27). The highest BCUT2D eigenvalue weighted by molar-refractivity contribution is 6.37. The van der Waals surface area contributed by atoms with Gasteiger partial charge in [0.2, 0.25) is 0 Å². The second-order valence-corrected chi connectivity index (χ2v) is 6.39. The van der Waals surface area contributed by atoms with Crippen LogP contribution in [0.25, 0.3) is 10.8 Å². The van der Waals surface area contributed by atoms with E-state index in [4.69, 9.17) is 16.7 Å². The number of halogens is 2. The lowest BCUT2D eigenvalue weighted by Crippen LogP contribution is -2.22. The van der Waals surface area contributed by atoms with Gasteiger partial charge in [-0.25, -0.2) is 14.2 Å². The number of nitrogens with zero attached hydrogens (tertiary/aromatic N) is 2. The summed E-state index contributed by atoms with van der Waals surface area (Å²) in [5.74, 6) is -2.30. The lowest BCUT2D eigenvalue weighted by molar-refractivity contribution is 0.0691. The van der Waals surface area contributed by atoms with Crippen molar-refractivity contribution in [1.82, 2.24) is 9.88 Å². The maximum atomic E-state index is 14.4. The van der Waals surface area contributed by atoms with Gasteiger partial charge in [0.15, 0.2) is 5.82 Å². The average molecular weight is 388 g/mol. The fourth-order valence-electron chi connectivity index (χ4n) is 2.68. The zero-order chi connectivity index (χ0) is 19.7. The number of carboxylic acids is 1. The summed E-state index contributed by atoms with van der Waals surface area (Å²) >= 11 is 6.31. The second-order valence-electron chi connectivity index (χ2n) is 5.98. The topological polar surface area (TPSA) is 82.5 Å². The Hall–Kier alpha value is -3.19. The Labute approximate surface area is 159 Å². The van der Waals surface area contributed by atoms with Crippen molar-refractivity contribution < 1.29 is 19.1 Å². The van der Waals surface area contributed by atoms with Crippen LogP contribution >= 0.6 is 11.6 Å². The number of carbonyl (C=O) groups excluding carboxylic acids is 1. The summed E-state index contributed by atoms with van der Waals surface area (Å²) < 4.78 is 14.4. The summed E-state index contributed by atoms with van der Waals surface area (Å²) in [6, 6.07) is 9.02. The van der Waals surface area contributed by atoms with E-state index in [2.05, 4.69) is 10.3 Å². The summed E-state index contributed by atoms with van der Waals surface area (Å²) in [6.07, 6.45) is 1.36. The van der Waals surface area contributed by atoms with Gasteiger partial charge in [0.25, 0.3) is 5.91 Å². The predicted molar refractivity (Wildman–Crippen MR) is 101 cm³/mol. The number of hydrogen-bond acceptors (Lipinski definition) is 4.